The van der Waals surface area contributed by atoms with E-state index in [2.05, 4.69) is 0 Å². The molecule has 0 saturated carbocycles. The Morgan fingerprint density at radius 3 is 0.727 bits per heavy atom. The molecule has 0 amide bonds. The van der Waals surface area contributed by atoms with Crippen LogP contribution in [0.25, 0.3) is 0 Å². The number of rotatable bonds is 3. The quantitative estimate of drug-likeness (QED) is 0.450. The molecule has 0 fully saturated rings. The molecule has 0 aromatic rings. The molecule has 2 unspecified atom stereocenters. The molecule has 0 aromatic carbocycles. The molecule has 2 atom stereocenters. The summed E-state index contributed by atoms with van der Waals surface area (Å²) in [5.74, 6) is -4.12. The zero-order valence-electron chi connectivity index (χ0n) is 11.4. The van der Waals surface area contributed by atoms with Gasteiger partial charge < -0.3 is 84.8 Å². The van der Waals surface area contributed by atoms with E-state index in [-0.39, 0.29) is 107 Å². The third-order valence-electron chi connectivity index (χ3n) is 0.782. The zero-order chi connectivity index (χ0) is 8.31. The van der Waals surface area contributed by atoms with E-state index in [9.17, 15) is 19.8 Å². The number of aliphatic carboxylic acids is 2. The predicted octanol–water partition coefficient (Wildman–Crippen LogP) is -16.4. The Hall–Kier alpha value is 0.226. The number of carboxylic acids is 2. The smallest absolute Gasteiger partial charge is 0.547 e. The minimum Gasteiger partial charge on any atom is -0.547 e. The zero-order valence-corrected chi connectivity index (χ0v) is 14.8. The Labute approximate surface area is 161 Å². The normalized spacial score (nSPS) is 7.18. The number of carboxylic acid groups (broad SMARTS) is 2. The van der Waals surface area contributed by atoms with Crippen LogP contribution in [0.2, 0.25) is 0 Å². The summed E-state index contributed by atoms with van der Waals surface area (Å²) in [5, 5.41) is 35.7. The van der Waals surface area contributed by atoms with E-state index >= 15 is 0 Å². The van der Waals surface area contributed by atoms with Crippen LogP contribution < -0.4 is 39.8 Å². The van der Waals surface area contributed by atoms with Gasteiger partial charge in [-0.3, -0.25) is 0 Å². The van der Waals surface area contributed by atoms with Crippen LogP contribution in [0.15, 0.2) is 0 Å². The van der Waals surface area contributed by atoms with Crippen LogP contribution in [0.4, 0.5) is 0 Å². The maximum absolute atomic E-state index is 9.63. The van der Waals surface area contributed by atoms with Crippen molar-refractivity contribution in [3.63, 3.8) is 0 Å². The fraction of sp³-hybridized carbons (Fsp3) is 0.500. The molecule has 22 N–H and O–H groups in total. The topological polar surface area (TPSA) is 436 Å². The van der Waals surface area contributed by atoms with Crippen LogP contribution in [0.5, 0.6) is 0 Å². The first kappa shape index (κ1) is 118. The first-order valence-electron chi connectivity index (χ1n) is 2.24. The van der Waals surface area contributed by atoms with E-state index in [1.807, 2.05) is 0 Å². The van der Waals surface area contributed by atoms with Crippen molar-refractivity contribution in [3.05, 3.63) is 0 Å². The van der Waals surface area contributed by atoms with Crippen molar-refractivity contribution >= 4 is 35.0 Å². The summed E-state index contributed by atoms with van der Waals surface area (Å²) >= 11 is 0. The summed E-state index contributed by atoms with van der Waals surface area (Å²) in [7, 11) is 0. The largest absolute Gasteiger partial charge is 2.00 e. The standard InChI is InChI=1S/C4H6O6.Mg.Na.10H2O/c5-1(3(7)8)2(6)4(9)10;;;;;;;;;;;;/h1-2,5-6H,(H,7,8)(H,9,10);;;10*1H2/q;+2;+1;;;;;;;;;;/p-2. The van der Waals surface area contributed by atoms with Gasteiger partial charge in [-0.2, -0.15) is 0 Å². The third-order valence-corrected chi connectivity index (χ3v) is 0.782. The molecule has 0 spiro atoms. The van der Waals surface area contributed by atoms with Crippen molar-refractivity contribution in [1.29, 1.82) is 0 Å². The molecule has 0 rings (SSSR count). The van der Waals surface area contributed by atoms with Crippen molar-refractivity contribution < 1.29 is 114 Å². The maximum atomic E-state index is 9.63. The first-order chi connectivity index (χ1) is 4.46. The number of carbonyl (C=O) groups excluding carboxylic acids is 2. The molecule has 0 aromatic heterocycles. The van der Waals surface area contributed by atoms with E-state index in [0.717, 1.165) is 0 Å². The van der Waals surface area contributed by atoms with Gasteiger partial charge in [0, 0.05) is 0 Å². The van der Waals surface area contributed by atoms with Crippen LogP contribution in [0, 0.1) is 0 Å². The molecule has 18 heteroatoms. The maximum Gasteiger partial charge on any atom is 2.00 e. The summed E-state index contributed by atoms with van der Waals surface area (Å²) in [6.45, 7) is 0. The van der Waals surface area contributed by atoms with E-state index in [1.165, 1.54) is 0 Å². The molecule has 16 nitrogen and oxygen atoms in total. The van der Waals surface area contributed by atoms with Crippen LogP contribution in [-0.2, 0) is 9.59 Å². The second-order valence-corrected chi connectivity index (χ2v) is 1.53. The Morgan fingerprint density at radius 1 is 0.591 bits per heavy atom. The average Bonchev–Trinajstić information content (AvgIpc) is 1.84. The molecule has 0 aliphatic carbocycles. The molecule has 138 valence electrons. The number of carbonyl (C=O) groups is 2. The monoisotopic (exact) mass is 375 g/mol. The molecular formula is C4H24MgNaO16+. The Bertz CT molecular complexity index is 150. The summed E-state index contributed by atoms with van der Waals surface area (Å²) < 4.78 is 0. The van der Waals surface area contributed by atoms with Gasteiger partial charge in [-0.25, -0.2) is 0 Å². The molecule has 0 heterocycles. The van der Waals surface area contributed by atoms with Gasteiger partial charge in [0.05, 0.1) is 11.9 Å². The van der Waals surface area contributed by atoms with Crippen LogP contribution in [-0.4, -0.2) is 112 Å². The van der Waals surface area contributed by atoms with Crippen LogP contribution in [0.1, 0.15) is 0 Å². The molecule has 0 aliphatic rings. The SMILES string of the molecule is O.O.O.O.O.O.O.O.O.O.O=C([O-])C(O)C(O)C(=O)[O-].[Mg+2].[Na+]. The summed E-state index contributed by atoms with van der Waals surface area (Å²) in [5.41, 5.74) is 0. The van der Waals surface area contributed by atoms with Gasteiger partial charge in [0.1, 0.15) is 12.2 Å². The van der Waals surface area contributed by atoms with E-state index in [4.69, 9.17) is 10.2 Å². The first-order valence-corrected chi connectivity index (χ1v) is 2.24. The predicted molar refractivity (Wildman–Crippen MR) is 63.9 cm³/mol. The fourth-order valence-electron chi connectivity index (χ4n) is 0.258. The number of hydrogen-bond acceptors (Lipinski definition) is 6. The molecule has 22 heavy (non-hydrogen) atoms. The van der Waals surface area contributed by atoms with Crippen LogP contribution in [0.3, 0.4) is 0 Å². The van der Waals surface area contributed by atoms with Crippen LogP contribution >= 0.6 is 0 Å². The van der Waals surface area contributed by atoms with Gasteiger partial charge in [-0.05, 0) is 0 Å². The minimum atomic E-state index is -2.44. The third kappa shape index (κ3) is 50.0. The Morgan fingerprint density at radius 2 is 0.682 bits per heavy atom. The van der Waals surface area contributed by atoms with Gasteiger partial charge in [0.15, 0.2) is 0 Å². The summed E-state index contributed by atoms with van der Waals surface area (Å²) in [4.78, 5) is 19.3. The average molecular weight is 376 g/mol. The molecular weight excluding hydrogens is 351 g/mol. The summed E-state index contributed by atoms with van der Waals surface area (Å²) in [6.07, 6.45) is -4.88. The molecule has 0 aliphatic heterocycles. The van der Waals surface area contributed by atoms with Gasteiger partial charge >= 0.3 is 52.6 Å². The van der Waals surface area contributed by atoms with E-state index in [1.54, 1.807) is 0 Å². The van der Waals surface area contributed by atoms with Crippen molar-refractivity contribution in [1.82, 2.24) is 0 Å². The van der Waals surface area contributed by atoms with Crippen molar-refractivity contribution in [2.45, 2.75) is 12.2 Å². The van der Waals surface area contributed by atoms with Gasteiger partial charge in [-0.15, -0.1) is 0 Å². The number of aliphatic hydroxyl groups is 2. The van der Waals surface area contributed by atoms with Crippen molar-refractivity contribution in [3.8, 4) is 0 Å². The second kappa shape index (κ2) is 58.1. The van der Waals surface area contributed by atoms with E-state index in [0.29, 0.717) is 0 Å². The van der Waals surface area contributed by atoms with Crippen molar-refractivity contribution in [2.75, 3.05) is 0 Å². The summed E-state index contributed by atoms with van der Waals surface area (Å²) in [6, 6.07) is 0. The number of aliphatic hydroxyl groups excluding tert-OH is 2. The Kier molecular flexibility index (Phi) is 311. The minimum absolute atomic E-state index is 0. The van der Waals surface area contributed by atoms with E-state index < -0.39 is 24.1 Å². The Balaban J connectivity index is -0.00000000614. The molecule has 0 radical (unpaired) electrons. The van der Waals surface area contributed by atoms with Crippen molar-refractivity contribution in [2.24, 2.45) is 0 Å². The van der Waals surface area contributed by atoms with Gasteiger partial charge in [-0.1, -0.05) is 0 Å². The second-order valence-electron chi connectivity index (χ2n) is 1.53. The molecule has 0 bridgehead atoms. The fourth-order valence-corrected chi connectivity index (χ4v) is 0.258. The number of hydrogen-bond donors (Lipinski definition) is 2. The van der Waals surface area contributed by atoms with Gasteiger partial charge in [0.2, 0.25) is 0 Å². The van der Waals surface area contributed by atoms with Gasteiger partial charge in [0.25, 0.3) is 0 Å². The molecule has 0 saturated heterocycles.